The number of allylic oxidation sites excluding steroid dienone is 1. The highest BCUT2D eigenvalue weighted by atomic mass is 32.1. The number of thiazole rings is 1. The molecule has 0 aliphatic carbocycles. The number of anilines is 1. The molecule has 1 atom stereocenters. The molecule has 1 aliphatic heterocycles. The second kappa shape index (κ2) is 9.23. The van der Waals surface area contributed by atoms with Gasteiger partial charge in [-0.15, -0.1) is 0 Å². The maximum Gasteiger partial charge on any atom is 0.271 e. The van der Waals surface area contributed by atoms with Gasteiger partial charge in [-0.1, -0.05) is 41.7 Å². The first-order valence-corrected chi connectivity index (χ1v) is 11.8. The number of nitrogens with one attached hydrogen (secondary N) is 1. The Kier molecular flexibility index (Phi) is 5.96. The van der Waals surface area contributed by atoms with Crippen molar-refractivity contribution in [1.82, 2.24) is 4.57 Å². The van der Waals surface area contributed by atoms with Gasteiger partial charge in [-0.3, -0.25) is 14.2 Å². The number of furan rings is 1. The van der Waals surface area contributed by atoms with E-state index < -0.39 is 6.04 Å². The fourth-order valence-corrected chi connectivity index (χ4v) is 5.17. The molecule has 0 bridgehead atoms. The van der Waals surface area contributed by atoms with E-state index in [9.17, 15) is 9.59 Å². The Morgan fingerprint density at radius 2 is 1.91 bits per heavy atom. The molecule has 1 aliphatic rings. The van der Waals surface area contributed by atoms with Crippen LogP contribution in [0.4, 0.5) is 5.69 Å². The van der Waals surface area contributed by atoms with Gasteiger partial charge in [0.15, 0.2) is 4.80 Å². The highest BCUT2D eigenvalue weighted by Gasteiger charge is 2.32. The monoisotopic (exact) mass is 485 g/mol. The Balaban J connectivity index is 1.68. The number of para-hydroxylation sites is 1. The summed E-state index contributed by atoms with van der Waals surface area (Å²) in [6, 6.07) is 16.1. The van der Waals surface area contributed by atoms with E-state index in [1.165, 1.54) is 11.3 Å². The molecule has 2 aromatic heterocycles. The minimum absolute atomic E-state index is 0.218. The Hall–Kier alpha value is -4.17. The lowest BCUT2D eigenvalue weighted by Crippen LogP contribution is -2.40. The molecular weight excluding hydrogens is 462 g/mol. The van der Waals surface area contributed by atoms with Crippen LogP contribution in [0.1, 0.15) is 29.7 Å². The Labute approximate surface area is 205 Å². The molecule has 176 valence electrons. The zero-order valence-corrected chi connectivity index (χ0v) is 20.3. The topological polar surface area (TPSA) is 85.8 Å². The van der Waals surface area contributed by atoms with Gasteiger partial charge in [0.05, 0.1) is 41.5 Å². The third kappa shape index (κ3) is 4.24. The van der Waals surface area contributed by atoms with Gasteiger partial charge in [0.2, 0.25) is 0 Å². The molecule has 1 amide bonds. The minimum Gasteiger partial charge on any atom is -0.497 e. The van der Waals surface area contributed by atoms with Gasteiger partial charge in [0, 0.05) is 11.3 Å². The van der Waals surface area contributed by atoms with E-state index in [1.807, 2.05) is 55.5 Å². The number of fused-ring (bicyclic) bond motifs is 1. The number of ether oxygens (including phenoxy) is 1. The average Bonchev–Trinajstić information content (AvgIpc) is 3.48. The summed E-state index contributed by atoms with van der Waals surface area (Å²) in [5.74, 6) is 0.387. The maximum atomic E-state index is 13.6. The summed E-state index contributed by atoms with van der Waals surface area (Å²) in [5, 5.41) is 3.01. The number of carbonyl (C=O) groups is 1. The fraction of sp³-hybridized carbons (Fsp3) is 0.148. The van der Waals surface area contributed by atoms with Crippen molar-refractivity contribution in [3.63, 3.8) is 0 Å². The number of hydrogen-bond acceptors (Lipinski definition) is 6. The minimum atomic E-state index is -0.646. The molecule has 0 spiro atoms. The third-order valence-electron chi connectivity index (χ3n) is 5.93. The van der Waals surface area contributed by atoms with Crippen LogP contribution in [0.5, 0.6) is 5.75 Å². The molecule has 1 N–H and O–H groups in total. The SMILES string of the molecule is COc1ccc([C@@H]2C(C(=O)Nc3ccccc3C)=C(C)N=c3sc(=Cc4ccoc4)c(=O)n32)cc1. The first-order chi connectivity index (χ1) is 17.0. The molecule has 0 unspecified atom stereocenters. The van der Waals surface area contributed by atoms with Crippen molar-refractivity contribution in [2.45, 2.75) is 19.9 Å². The molecule has 5 rings (SSSR count). The molecule has 3 heterocycles. The second-order valence-electron chi connectivity index (χ2n) is 8.18. The van der Waals surface area contributed by atoms with Gasteiger partial charge in [0.1, 0.15) is 5.75 Å². The Morgan fingerprint density at radius 1 is 1.14 bits per heavy atom. The highest BCUT2D eigenvalue weighted by molar-refractivity contribution is 7.07. The standard InChI is InChI=1S/C27H23N3O4S/c1-16-6-4-5-7-21(16)29-25(31)23-17(2)28-27-30(24(23)19-8-10-20(33-3)11-9-19)26(32)22(35-27)14-18-12-13-34-15-18/h4-15,24H,1-3H3,(H,29,31)/t24-/m1/s1. The van der Waals surface area contributed by atoms with E-state index in [1.54, 1.807) is 43.3 Å². The average molecular weight is 486 g/mol. The number of carbonyl (C=O) groups excluding carboxylic acids is 1. The largest absolute Gasteiger partial charge is 0.497 e. The number of hydrogen-bond donors (Lipinski definition) is 1. The molecule has 4 aromatic rings. The van der Waals surface area contributed by atoms with Gasteiger partial charge in [0.25, 0.3) is 11.5 Å². The van der Waals surface area contributed by atoms with Crippen LogP contribution >= 0.6 is 11.3 Å². The van der Waals surface area contributed by atoms with Gasteiger partial charge in [-0.25, -0.2) is 4.99 Å². The summed E-state index contributed by atoms with van der Waals surface area (Å²) in [5.41, 5.74) is 3.98. The van der Waals surface area contributed by atoms with Crippen molar-refractivity contribution in [1.29, 1.82) is 0 Å². The first-order valence-electron chi connectivity index (χ1n) is 11.0. The summed E-state index contributed by atoms with van der Waals surface area (Å²) in [4.78, 5) is 32.4. The molecule has 2 aromatic carbocycles. The summed E-state index contributed by atoms with van der Waals surface area (Å²) < 4.78 is 12.6. The van der Waals surface area contributed by atoms with E-state index in [2.05, 4.69) is 10.3 Å². The predicted octanol–water partition coefficient (Wildman–Crippen LogP) is 3.78. The number of aryl methyl sites for hydroxylation is 1. The molecule has 35 heavy (non-hydrogen) atoms. The molecule has 0 fully saturated rings. The van der Waals surface area contributed by atoms with Crippen LogP contribution in [0, 0.1) is 6.92 Å². The van der Waals surface area contributed by atoms with Crippen LogP contribution in [0.2, 0.25) is 0 Å². The van der Waals surface area contributed by atoms with Crippen LogP contribution in [0.25, 0.3) is 6.08 Å². The van der Waals surface area contributed by atoms with E-state index in [0.717, 1.165) is 16.7 Å². The fourth-order valence-electron chi connectivity index (χ4n) is 4.12. The normalized spacial score (nSPS) is 15.5. The molecule has 0 saturated carbocycles. The predicted molar refractivity (Wildman–Crippen MR) is 135 cm³/mol. The van der Waals surface area contributed by atoms with Crippen molar-refractivity contribution in [3.8, 4) is 5.75 Å². The molecule has 0 saturated heterocycles. The van der Waals surface area contributed by atoms with Crippen molar-refractivity contribution >= 4 is 29.0 Å². The van der Waals surface area contributed by atoms with Crippen LogP contribution in [0.15, 0.2) is 92.6 Å². The van der Waals surface area contributed by atoms with E-state index in [-0.39, 0.29) is 11.5 Å². The number of methoxy groups -OCH3 is 1. The second-order valence-corrected chi connectivity index (χ2v) is 9.19. The lowest BCUT2D eigenvalue weighted by atomic mass is 9.95. The zero-order valence-electron chi connectivity index (χ0n) is 19.4. The van der Waals surface area contributed by atoms with Gasteiger partial charge in [-0.2, -0.15) is 0 Å². The first kappa shape index (κ1) is 22.6. The van der Waals surface area contributed by atoms with Crippen molar-refractivity contribution in [2.24, 2.45) is 4.99 Å². The Morgan fingerprint density at radius 3 is 2.60 bits per heavy atom. The maximum absolute atomic E-state index is 13.6. The van der Waals surface area contributed by atoms with E-state index in [0.29, 0.717) is 32.0 Å². The smallest absolute Gasteiger partial charge is 0.271 e. The highest BCUT2D eigenvalue weighted by Crippen LogP contribution is 2.32. The third-order valence-corrected chi connectivity index (χ3v) is 6.92. The number of nitrogens with zero attached hydrogens (tertiary/aromatic N) is 2. The van der Waals surface area contributed by atoms with Gasteiger partial charge < -0.3 is 14.5 Å². The molecule has 8 heteroatoms. The van der Waals surface area contributed by atoms with Crippen LogP contribution in [0.3, 0.4) is 0 Å². The lowest BCUT2D eigenvalue weighted by molar-refractivity contribution is -0.113. The lowest BCUT2D eigenvalue weighted by Gasteiger charge is -2.25. The quantitative estimate of drug-likeness (QED) is 0.466. The molecular formula is C27H23N3O4S. The van der Waals surface area contributed by atoms with Crippen molar-refractivity contribution in [3.05, 3.63) is 115 Å². The van der Waals surface area contributed by atoms with Gasteiger partial charge in [-0.05, 0) is 55.3 Å². The van der Waals surface area contributed by atoms with Crippen LogP contribution in [-0.4, -0.2) is 17.6 Å². The number of aromatic nitrogens is 1. The Bertz CT molecular complexity index is 1610. The summed E-state index contributed by atoms with van der Waals surface area (Å²) in [7, 11) is 1.60. The number of amides is 1. The summed E-state index contributed by atoms with van der Waals surface area (Å²) in [6.07, 6.45) is 4.90. The summed E-state index contributed by atoms with van der Waals surface area (Å²) >= 11 is 1.29. The van der Waals surface area contributed by atoms with Gasteiger partial charge >= 0.3 is 0 Å². The number of benzene rings is 2. The zero-order chi connectivity index (χ0) is 24.5. The van der Waals surface area contributed by atoms with E-state index >= 15 is 0 Å². The van der Waals surface area contributed by atoms with Crippen LogP contribution < -0.4 is 24.9 Å². The molecule has 7 nitrogen and oxygen atoms in total. The summed E-state index contributed by atoms with van der Waals surface area (Å²) in [6.45, 7) is 3.74. The van der Waals surface area contributed by atoms with Crippen LogP contribution in [-0.2, 0) is 4.79 Å². The number of rotatable bonds is 5. The molecule has 0 radical (unpaired) electrons. The van der Waals surface area contributed by atoms with Crippen molar-refractivity contribution < 1.29 is 13.9 Å². The van der Waals surface area contributed by atoms with Crippen molar-refractivity contribution in [2.75, 3.05) is 12.4 Å². The van der Waals surface area contributed by atoms with E-state index in [4.69, 9.17) is 9.15 Å².